The molecule has 8 heteroatoms. The Morgan fingerprint density at radius 2 is 1.96 bits per heavy atom. The van der Waals surface area contributed by atoms with Crippen LogP contribution in [0.4, 0.5) is 13.2 Å². The lowest BCUT2D eigenvalue weighted by atomic mass is 10.1. The maximum Gasteiger partial charge on any atom is 0.413 e. The second-order valence-corrected chi connectivity index (χ2v) is 6.33. The highest BCUT2D eigenvalue weighted by atomic mass is 79.9. The van der Waals surface area contributed by atoms with E-state index in [0.717, 1.165) is 7.05 Å². The number of likely N-dealkylation sites (tertiary alicyclic amines) is 1. The Bertz CT molecular complexity index is 589. The van der Waals surface area contributed by atoms with Crippen LogP contribution in [0.3, 0.4) is 0 Å². The lowest BCUT2D eigenvalue weighted by Crippen LogP contribution is -2.44. The van der Waals surface area contributed by atoms with Gasteiger partial charge in [0.1, 0.15) is 0 Å². The van der Waals surface area contributed by atoms with Crippen molar-refractivity contribution in [2.75, 3.05) is 20.1 Å². The quantitative estimate of drug-likeness (QED) is 0.789. The number of likely N-dealkylation sites (N-methyl/N-ethyl adjacent to an activating group) is 1. The van der Waals surface area contributed by atoms with Gasteiger partial charge in [-0.1, -0.05) is 28.1 Å². The van der Waals surface area contributed by atoms with Gasteiger partial charge < -0.3 is 9.80 Å². The molecule has 1 atom stereocenters. The first-order valence-electron chi connectivity index (χ1n) is 7.06. The summed E-state index contributed by atoms with van der Waals surface area (Å²) in [4.78, 5) is 25.7. The van der Waals surface area contributed by atoms with E-state index >= 15 is 0 Å². The maximum atomic E-state index is 13.4. The summed E-state index contributed by atoms with van der Waals surface area (Å²) in [6.45, 7) is 0.0891. The molecule has 126 valence electrons. The maximum absolute atomic E-state index is 13.4. The van der Waals surface area contributed by atoms with Crippen LogP contribution in [0.5, 0.6) is 0 Å². The lowest BCUT2D eigenvalue weighted by Gasteiger charge is -2.31. The van der Waals surface area contributed by atoms with Gasteiger partial charge in [-0.15, -0.1) is 0 Å². The van der Waals surface area contributed by atoms with Crippen LogP contribution in [-0.2, 0) is 9.59 Å². The van der Waals surface area contributed by atoms with Gasteiger partial charge in [-0.05, 0) is 24.1 Å². The molecule has 1 aliphatic rings. The second kappa shape index (κ2) is 6.90. The fourth-order valence-corrected chi connectivity index (χ4v) is 2.83. The van der Waals surface area contributed by atoms with Crippen LogP contribution >= 0.6 is 15.9 Å². The molecule has 2 amide bonds. The number of alkyl halides is 3. The molecular formula is C15H16BrF3N2O2. The molecule has 1 saturated heterocycles. The van der Waals surface area contributed by atoms with Gasteiger partial charge in [0.05, 0.1) is 6.54 Å². The highest BCUT2D eigenvalue weighted by molar-refractivity contribution is 9.10. The fourth-order valence-electron chi connectivity index (χ4n) is 2.57. The van der Waals surface area contributed by atoms with Gasteiger partial charge in [-0.25, -0.2) is 0 Å². The molecule has 1 heterocycles. The largest absolute Gasteiger partial charge is 0.413 e. The van der Waals surface area contributed by atoms with Gasteiger partial charge in [0.2, 0.25) is 11.8 Å². The van der Waals surface area contributed by atoms with Crippen molar-refractivity contribution in [2.24, 2.45) is 0 Å². The molecule has 1 unspecified atom stereocenters. The van der Waals surface area contributed by atoms with E-state index < -0.39 is 18.1 Å². The van der Waals surface area contributed by atoms with Gasteiger partial charge >= 0.3 is 6.18 Å². The van der Waals surface area contributed by atoms with Crippen LogP contribution in [0.1, 0.15) is 24.4 Å². The van der Waals surface area contributed by atoms with Crippen LogP contribution in [0.2, 0.25) is 0 Å². The molecule has 0 N–H and O–H groups in total. The molecule has 0 bridgehead atoms. The zero-order chi connectivity index (χ0) is 17.2. The summed E-state index contributed by atoms with van der Waals surface area (Å²) in [5.41, 5.74) is -0.0238. The first-order valence-corrected chi connectivity index (χ1v) is 7.85. The Kier molecular flexibility index (Phi) is 5.33. The van der Waals surface area contributed by atoms with Crippen molar-refractivity contribution < 1.29 is 22.8 Å². The molecule has 1 fully saturated rings. The lowest BCUT2D eigenvalue weighted by molar-refractivity contribution is -0.189. The Labute approximate surface area is 140 Å². The number of nitrogens with zero attached hydrogens (tertiary/aromatic N) is 2. The molecule has 2 rings (SSSR count). The van der Waals surface area contributed by atoms with Gasteiger partial charge in [-0.3, -0.25) is 9.59 Å². The second-order valence-electron chi connectivity index (χ2n) is 5.42. The number of benzene rings is 1. The number of amides is 2. The molecule has 1 aliphatic heterocycles. The Morgan fingerprint density at radius 3 is 2.43 bits per heavy atom. The molecule has 1 aromatic rings. The third-order valence-corrected chi connectivity index (χ3v) is 4.30. The summed E-state index contributed by atoms with van der Waals surface area (Å²) in [5, 5.41) is 0. The van der Waals surface area contributed by atoms with E-state index in [1.165, 1.54) is 29.2 Å². The van der Waals surface area contributed by atoms with E-state index in [0.29, 0.717) is 28.8 Å². The number of rotatable bonds is 4. The summed E-state index contributed by atoms with van der Waals surface area (Å²) in [7, 11) is 1.11. The van der Waals surface area contributed by atoms with Crippen molar-refractivity contribution in [3.8, 4) is 0 Å². The highest BCUT2D eigenvalue weighted by Crippen LogP contribution is 2.37. The number of carbonyl (C=O) groups excluding carboxylic acids is 2. The molecule has 0 radical (unpaired) electrons. The van der Waals surface area contributed by atoms with Crippen LogP contribution in [0, 0.1) is 0 Å². The zero-order valence-electron chi connectivity index (χ0n) is 12.4. The SMILES string of the molecule is CN(C(=O)CN1CCCC1=O)C(c1ccc(Br)cc1)C(F)(F)F. The van der Waals surface area contributed by atoms with Crippen molar-refractivity contribution in [1.29, 1.82) is 0 Å². The summed E-state index contributed by atoms with van der Waals surface area (Å²) >= 11 is 3.17. The fraction of sp³-hybridized carbons (Fsp3) is 0.467. The molecule has 0 saturated carbocycles. The standard InChI is InChI=1S/C15H16BrF3N2O2/c1-20(13(23)9-21-8-2-3-12(21)22)14(15(17,18)19)10-4-6-11(16)7-5-10/h4-7,14H,2-3,8-9H2,1H3. The van der Waals surface area contributed by atoms with E-state index in [2.05, 4.69) is 15.9 Å². The third kappa shape index (κ3) is 4.25. The number of halogens is 4. The van der Waals surface area contributed by atoms with Gasteiger partial charge in [0.15, 0.2) is 6.04 Å². The Balaban J connectivity index is 2.19. The third-order valence-electron chi connectivity index (χ3n) is 3.77. The number of hydrogen-bond donors (Lipinski definition) is 0. The Hall–Kier alpha value is -1.57. The number of carbonyl (C=O) groups is 2. The minimum atomic E-state index is -4.60. The van der Waals surface area contributed by atoms with Crippen molar-refractivity contribution >= 4 is 27.7 Å². The van der Waals surface area contributed by atoms with Crippen molar-refractivity contribution in [2.45, 2.75) is 25.1 Å². The van der Waals surface area contributed by atoms with E-state index in [1.54, 1.807) is 0 Å². The van der Waals surface area contributed by atoms with E-state index in [9.17, 15) is 22.8 Å². The molecule has 0 aliphatic carbocycles. The first-order chi connectivity index (χ1) is 10.7. The summed E-state index contributed by atoms with van der Waals surface area (Å²) in [6, 6.07) is 3.60. The topological polar surface area (TPSA) is 40.6 Å². The van der Waals surface area contributed by atoms with Crippen LogP contribution in [0.15, 0.2) is 28.7 Å². The van der Waals surface area contributed by atoms with Crippen LogP contribution in [0.25, 0.3) is 0 Å². The van der Waals surface area contributed by atoms with E-state index in [1.807, 2.05) is 0 Å². The molecule has 4 nitrogen and oxygen atoms in total. The molecule has 23 heavy (non-hydrogen) atoms. The molecular weight excluding hydrogens is 377 g/mol. The molecule has 0 aromatic heterocycles. The molecule has 0 spiro atoms. The van der Waals surface area contributed by atoms with E-state index in [-0.39, 0.29) is 18.0 Å². The van der Waals surface area contributed by atoms with Crippen LogP contribution in [-0.4, -0.2) is 47.9 Å². The monoisotopic (exact) mass is 392 g/mol. The van der Waals surface area contributed by atoms with Crippen LogP contribution < -0.4 is 0 Å². The smallest absolute Gasteiger partial charge is 0.333 e. The summed E-state index contributed by atoms with van der Waals surface area (Å²) < 4.78 is 40.9. The molecule has 1 aromatic carbocycles. The zero-order valence-corrected chi connectivity index (χ0v) is 14.0. The first kappa shape index (κ1) is 17.8. The van der Waals surface area contributed by atoms with Crippen molar-refractivity contribution in [1.82, 2.24) is 9.80 Å². The normalized spacial score (nSPS) is 16.6. The van der Waals surface area contributed by atoms with Crippen molar-refractivity contribution in [3.63, 3.8) is 0 Å². The predicted molar refractivity (Wildman–Crippen MR) is 81.5 cm³/mol. The number of hydrogen-bond acceptors (Lipinski definition) is 2. The average molecular weight is 393 g/mol. The summed E-state index contributed by atoms with van der Waals surface area (Å²) in [6.07, 6.45) is -3.63. The van der Waals surface area contributed by atoms with Gasteiger partial charge in [0, 0.05) is 24.5 Å². The predicted octanol–water partition coefficient (Wildman–Crippen LogP) is 3.13. The summed E-state index contributed by atoms with van der Waals surface area (Å²) in [5.74, 6) is -0.926. The van der Waals surface area contributed by atoms with Gasteiger partial charge in [0.25, 0.3) is 0 Å². The minimum Gasteiger partial charge on any atom is -0.333 e. The Morgan fingerprint density at radius 1 is 1.35 bits per heavy atom. The average Bonchev–Trinajstić information content (AvgIpc) is 2.85. The van der Waals surface area contributed by atoms with E-state index in [4.69, 9.17) is 0 Å². The van der Waals surface area contributed by atoms with Gasteiger partial charge in [-0.2, -0.15) is 13.2 Å². The van der Waals surface area contributed by atoms with Crippen molar-refractivity contribution in [3.05, 3.63) is 34.3 Å². The highest BCUT2D eigenvalue weighted by Gasteiger charge is 2.45. The minimum absolute atomic E-state index is 0.0238.